The van der Waals surface area contributed by atoms with Crippen molar-refractivity contribution in [2.45, 2.75) is 39.5 Å². The van der Waals surface area contributed by atoms with E-state index < -0.39 is 0 Å². The number of hydrogen-bond acceptors (Lipinski definition) is 6. The monoisotopic (exact) mass is 1030 g/mol. The summed E-state index contributed by atoms with van der Waals surface area (Å²) in [5.41, 5.74) is 14.5. The van der Waals surface area contributed by atoms with Crippen LogP contribution >= 0.6 is 0 Å². The quantitative estimate of drug-likeness (QED) is 0.0497. The summed E-state index contributed by atoms with van der Waals surface area (Å²) >= 11 is 0. The molecule has 9 aromatic carbocycles. The summed E-state index contributed by atoms with van der Waals surface area (Å²) in [5, 5.41) is 21.5. The maximum absolute atomic E-state index is 10.8. The van der Waals surface area contributed by atoms with Crippen molar-refractivity contribution >= 4 is 81.7 Å². The fourth-order valence-electron chi connectivity index (χ4n) is 9.51. The molecule has 1 unspecified atom stereocenters. The molecule has 6 heteroatoms. The van der Waals surface area contributed by atoms with Crippen molar-refractivity contribution in [3.05, 3.63) is 275 Å². The second-order valence-electron chi connectivity index (χ2n) is 19.3. The minimum atomic E-state index is 0.340. The average Bonchev–Trinajstić information content (AvgIpc) is 3.54. The number of para-hydroxylation sites is 4. The van der Waals surface area contributed by atoms with Gasteiger partial charge in [0.2, 0.25) is 0 Å². The molecule has 79 heavy (non-hydrogen) atoms. The molecule has 0 bridgehead atoms. The Morgan fingerprint density at radius 1 is 0.430 bits per heavy atom. The highest BCUT2D eigenvalue weighted by molar-refractivity contribution is 5.96. The molecule has 0 aliphatic heterocycles. The van der Waals surface area contributed by atoms with Crippen LogP contribution in [0.5, 0.6) is 11.5 Å². The molecule has 0 amide bonds. The Kier molecular flexibility index (Phi) is 18.6. The van der Waals surface area contributed by atoms with E-state index in [1.54, 1.807) is 7.11 Å². The Balaban J connectivity index is 0.929. The van der Waals surface area contributed by atoms with Crippen LogP contribution in [0.15, 0.2) is 231 Å². The van der Waals surface area contributed by atoms with Gasteiger partial charge in [-0.2, -0.15) is 10.5 Å². The summed E-state index contributed by atoms with van der Waals surface area (Å²) in [4.78, 5) is 4.50. The molecule has 0 spiro atoms. The Morgan fingerprint density at radius 2 is 0.747 bits per heavy atom. The Hall–Kier alpha value is -9.88. The molecule has 9 rings (SSSR count). The molecule has 0 saturated carbocycles. The van der Waals surface area contributed by atoms with Crippen molar-refractivity contribution in [2.75, 3.05) is 23.5 Å². The van der Waals surface area contributed by atoms with E-state index in [1.807, 2.05) is 84.9 Å². The van der Waals surface area contributed by atoms with Gasteiger partial charge in [0.25, 0.3) is 0 Å². The van der Waals surface area contributed by atoms with Gasteiger partial charge in [-0.1, -0.05) is 203 Å². The Labute approximate surface area is 467 Å². The fraction of sp³-hybridized carbons (Fsp3) is 0.123. The largest absolute Gasteiger partial charge is 0.496 e. The smallest absolute Gasteiger partial charge is 0.128 e. The van der Waals surface area contributed by atoms with Crippen LogP contribution in [0, 0.1) is 28.6 Å². The summed E-state index contributed by atoms with van der Waals surface area (Å²) in [6.45, 7) is 4.88. The average molecular weight is 1030 g/mol. The number of allylic oxidation sites excluding steroid dienone is 2. The number of nitrogens with zero attached hydrogens (tertiary/aromatic N) is 4. The highest BCUT2D eigenvalue weighted by Gasteiger charge is 2.20. The van der Waals surface area contributed by atoms with Crippen LogP contribution in [-0.4, -0.2) is 13.7 Å². The van der Waals surface area contributed by atoms with Crippen LogP contribution < -0.4 is 19.3 Å². The van der Waals surface area contributed by atoms with Crippen molar-refractivity contribution in [2.24, 2.45) is 5.92 Å². The molecule has 9 aromatic rings. The van der Waals surface area contributed by atoms with Gasteiger partial charge in [0.15, 0.2) is 0 Å². The molecule has 0 fully saturated rings. The normalized spacial score (nSPS) is 12.0. The van der Waals surface area contributed by atoms with E-state index in [0.717, 1.165) is 93.2 Å². The lowest BCUT2D eigenvalue weighted by atomic mass is 9.95. The number of hydrogen-bond donors (Lipinski definition) is 0. The zero-order valence-electron chi connectivity index (χ0n) is 45.1. The third-order valence-electron chi connectivity index (χ3n) is 13.9. The topological polar surface area (TPSA) is 72.5 Å². The number of ether oxygens (including phenoxy) is 2. The fourth-order valence-corrected chi connectivity index (χ4v) is 9.51. The molecule has 0 aliphatic rings. The molecular formula is C73H64N4O2. The first-order valence-electron chi connectivity index (χ1n) is 27.1. The maximum Gasteiger partial charge on any atom is 0.128 e. The highest BCUT2D eigenvalue weighted by atomic mass is 16.5. The minimum absolute atomic E-state index is 0.340. The summed E-state index contributed by atoms with van der Waals surface area (Å²) < 4.78 is 12.7. The second-order valence-corrected chi connectivity index (χ2v) is 19.3. The maximum atomic E-state index is 10.8. The number of benzene rings is 9. The minimum Gasteiger partial charge on any atom is -0.496 e. The first-order valence-corrected chi connectivity index (χ1v) is 27.1. The van der Waals surface area contributed by atoms with E-state index in [9.17, 15) is 10.5 Å². The summed E-state index contributed by atoms with van der Waals surface area (Å²) in [6.07, 6.45) is 16.4. The van der Waals surface area contributed by atoms with Gasteiger partial charge in [0.05, 0.1) is 37.0 Å². The highest BCUT2D eigenvalue weighted by Crippen LogP contribution is 2.40. The van der Waals surface area contributed by atoms with Crippen LogP contribution in [0.3, 0.4) is 0 Å². The van der Waals surface area contributed by atoms with Crippen molar-refractivity contribution in [1.29, 1.82) is 10.5 Å². The van der Waals surface area contributed by atoms with Crippen LogP contribution in [0.1, 0.15) is 84.0 Å². The van der Waals surface area contributed by atoms with Crippen LogP contribution in [-0.2, 0) is 0 Å². The molecule has 0 N–H and O–H groups in total. The van der Waals surface area contributed by atoms with Gasteiger partial charge in [-0.15, -0.1) is 0 Å². The number of nitriles is 2. The van der Waals surface area contributed by atoms with Crippen LogP contribution in [0.2, 0.25) is 0 Å². The van der Waals surface area contributed by atoms with Crippen molar-refractivity contribution < 1.29 is 9.47 Å². The molecule has 0 radical (unpaired) electrons. The number of methoxy groups -OCH3 is 1. The zero-order valence-corrected chi connectivity index (χ0v) is 45.1. The molecule has 0 aliphatic carbocycles. The lowest BCUT2D eigenvalue weighted by molar-refractivity contribution is 0.232. The van der Waals surface area contributed by atoms with Crippen molar-refractivity contribution in [1.82, 2.24) is 0 Å². The number of anilines is 6. The molecule has 388 valence electrons. The van der Waals surface area contributed by atoms with Gasteiger partial charge in [0, 0.05) is 45.3 Å². The number of unbranched alkanes of at least 4 members (excludes halogenated alkanes) is 1. The van der Waals surface area contributed by atoms with E-state index in [4.69, 9.17) is 9.47 Å². The predicted octanol–water partition coefficient (Wildman–Crippen LogP) is 19.7. The standard InChI is InChI=1S/C73H64N4O2/c1-4-6-19-55(5-2)54-79-73-51-70(62(52-74)48-60-36-32-56(33-37-60)28-30-58-40-44-68(45-41-58)76(64-20-11-7-12-21-64)65-22-13-8-14-23-65)72(78-3)50-71(73)63(53-75)49-61-38-34-57(35-39-61)29-31-59-42-46-69(47-43-59)77(66-24-15-9-16-25-66)67-26-17-10-18-27-67/h7-18,20-51,55H,4-6,19,54H2,1-3H3/b30-28+,31-29+,62-48+,63-49+. The second kappa shape index (κ2) is 27.3. The summed E-state index contributed by atoms with van der Waals surface area (Å²) in [5.74, 6) is 1.34. The third-order valence-corrected chi connectivity index (χ3v) is 13.9. The van der Waals surface area contributed by atoms with Gasteiger partial charge >= 0.3 is 0 Å². The molecule has 1 atom stereocenters. The SMILES string of the molecule is CCCCC(CC)COc1cc(/C(C#N)=C/c2ccc(/C=C/c3ccc(N(c4ccccc4)c4ccccc4)cc3)cc2)c(OC)cc1/C(C#N)=C/c1ccc(/C=C/c2ccc(N(c3ccccc3)c3ccccc3)cc2)cc1. The molecule has 6 nitrogen and oxygen atoms in total. The number of rotatable bonds is 22. The van der Waals surface area contributed by atoms with Gasteiger partial charge in [-0.25, -0.2) is 0 Å². The first-order chi connectivity index (χ1) is 38.9. The van der Waals surface area contributed by atoms with Crippen molar-refractivity contribution in [3.63, 3.8) is 0 Å². The molecule has 0 heterocycles. The lowest BCUT2D eigenvalue weighted by Crippen LogP contribution is -2.12. The van der Waals surface area contributed by atoms with E-state index in [-0.39, 0.29) is 0 Å². The predicted molar refractivity (Wildman–Crippen MR) is 332 cm³/mol. The zero-order chi connectivity index (χ0) is 54.6. The van der Waals surface area contributed by atoms with Crippen molar-refractivity contribution in [3.8, 4) is 23.6 Å². The van der Waals surface area contributed by atoms with Gasteiger partial charge in [0.1, 0.15) is 11.5 Å². The van der Waals surface area contributed by atoms with Gasteiger partial charge in [-0.3, -0.25) is 0 Å². The van der Waals surface area contributed by atoms with Gasteiger partial charge in [-0.05, 0) is 143 Å². The molecule has 0 saturated heterocycles. The van der Waals surface area contributed by atoms with E-state index in [0.29, 0.717) is 46.3 Å². The van der Waals surface area contributed by atoms with E-state index in [1.165, 1.54) is 0 Å². The van der Waals surface area contributed by atoms with Gasteiger partial charge < -0.3 is 19.3 Å². The van der Waals surface area contributed by atoms with E-state index >= 15 is 0 Å². The Morgan fingerprint density at radius 3 is 1.08 bits per heavy atom. The lowest BCUT2D eigenvalue weighted by Gasteiger charge is -2.25. The Bertz CT molecular complexity index is 3520. The molecular weight excluding hydrogens is 965 g/mol. The first kappa shape index (κ1) is 53.9. The summed E-state index contributed by atoms with van der Waals surface area (Å²) in [7, 11) is 1.59. The summed E-state index contributed by atoms with van der Waals surface area (Å²) in [6, 6.07) is 83.5. The third kappa shape index (κ3) is 14.1. The van der Waals surface area contributed by atoms with Crippen LogP contribution in [0.4, 0.5) is 34.1 Å². The van der Waals surface area contributed by atoms with Crippen LogP contribution in [0.25, 0.3) is 47.6 Å². The van der Waals surface area contributed by atoms with E-state index in [2.05, 4.69) is 218 Å². The molecule has 0 aromatic heterocycles.